The van der Waals surface area contributed by atoms with Crippen LogP contribution in [0.5, 0.6) is 0 Å². The molecule has 116 valence electrons. The quantitative estimate of drug-likeness (QED) is 0.532. The molecule has 0 bridgehead atoms. The molecule has 0 atom stereocenters. The number of aromatic nitrogens is 1. The number of hydrogen-bond donors (Lipinski definition) is 1. The zero-order valence-electron chi connectivity index (χ0n) is 12.5. The number of anilines is 1. The lowest BCUT2D eigenvalue weighted by atomic mass is 9.95. The smallest absolute Gasteiger partial charge is 0.313 e. The van der Waals surface area contributed by atoms with Crippen LogP contribution in [0.25, 0.3) is 10.2 Å². The van der Waals surface area contributed by atoms with Crippen LogP contribution in [0.3, 0.4) is 0 Å². The summed E-state index contributed by atoms with van der Waals surface area (Å²) in [4.78, 5) is 29.6. The van der Waals surface area contributed by atoms with Crippen LogP contribution < -0.4 is 5.73 Å². The SMILES string of the molecule is CCOC(=O)CC(=O)c1sc2nc3c(cc2c1N)CCCC3. The lowest BCUT2D eigenvalue weighted by molar-refractivity contribution is -0.141. The van der Waals surface area contributed by atoms with Crippen molar-refractivity contribution in [2.75, 3.05) is 12.3 Å². The van der Waals surface area contributed by atoms with Crippen molar-refractivity contribution in [1.82, 2.24) is 4.98 Å². The van der Waals surface area contributed by atoms with Crippen molar-refractivity contribution < 1.29 is 14.3 Å². The monoisotopic (exact) mass is 318 g/mol. The van der Waals surface area contributed by atoms with Crippen molar-refractivity contribution in [2.45, 2.75) is 39.0 Å². The molecular formula is C16H18N2O3S. The number of fused-ring (bicyclic) bond motifs is 2. The molecule has 0 unspecified atom stereocenters. The summed E-state index contributed by atoms with van der Waals surface area (Å²) in [6, 6.07) is 2.06. The van der Waals surface area contributed by atoms with Crippen LogP contribution in [0.2, 0.25) is 0 Å². The molecule has 1 aliphatic rings. The van der Waals surface area contributed by atoms with E-state index in [9.17, 15) is 9.59 Å². The molecule has 0 spiro atoms. The summed E-state index contributed by atoms with van der Waals surface area (Å²) in [6.07, 6.45) is 4.04. The van der Waals surface area contributed by atoms with Gasteiger partial charge in [0.25, 0.3) is 0 Å². The van der Waals surface area contributed by atoms with Gasteiger partial charge >= 0.3 is 5.97 Å². The standard InChI is InChI=1S/C16H18N2O3S/c1-2-21-13(20)8-12(19)15-14(17)10-7-9-5-3-4-6-11(9)18-16(10)22-15/h7H,2-6,8,17H2,1H3. The molecule has 2 heterocycles. The van der Waals surface area contributed by atoms with E-state index in [1.165, 1.54) is 23.3 Å². The first-order valence-electron chi connectivity index (χ1n) is 7.49. The van der Waals surface area contributed by atoms with Gasteiger partial charge in [0, 0.05) is 11.1 Å². The molecule has 5 nitrogen and oxygen atoms in total. The number of hydrogen-bond acceptors (Lipinski definition) is 6. The van der Waals surface area contributed by atoms with Crippen LogP contribution in [0.15, 0.2) is 6.07 Å². The number of esters is 1. The Hall–Kier alpha value is -1.95. The first-order valence-corrected chi connectivity index (χ1v) is 8.31. The van der Waals surface area contributed by atoms with Gasteiger partial charge in [0.15, 0.2) is 5.78 Å². The third-order valence-corrected chi connectivity index (χ3v) is 5.02. The van der Waals surface area contributed by atoms with Gasteiger partial charge in [-0.1, -0.05) is 0 Å². The van der Waals surface area contributed by atoms with Gasteiger partial charge in [0.05, 0.1) is 17.2 Å². The molecule has 0 aliphatic heterocycles. The largest absolute Gasteiger partial charge is 0.466 e. The third-order valence-electron chi connectivity index (χ3n) is 3.86. The fraction of sp³-hybridized carbons (Fsp3) is 0.438. The Labute approximate surface area is 132 Å². The van der Waals surface area contributed by atoms with Crippen molar-refractivity contribution in [2.24, 2.45) is 0 Å². The van der Waals surface area contributed by atoms with Crippen molar-refractivity contribution in [1.29, 1.82) is 0 Å². The maximum absolute atomic E-state index is 12.2. The Morgan fingerprint density at radius 3 is 2.91 bits per heavy atom. The molecule has 0 amide bonds. The van der Waals surface area contributed by atoms with E-state index in [0.717, 1.165) is 35.2 Å². The number of Topliss-reactive ketones (excluding diaryl/α,β-unsaturated/α-hetero) is 1. The van der Waals surface area contributed by atoms with Gasteiger partial charge in [0.1, 0.15) is 11.3 Å². The topological polar surface area (TPSA) is 82.3 Å². The highest BCUT2D eigenvalue weighted by Gasteiger charge is 2.22. The van der Waals surface area contributed by atoms with Gasteiger partial charge in [0.2, 0.25) is 0 Å². The number of pyridine rings is 1. The van der Waals surface area contributed by atoms with Crippen LogP contribution in [0.4, 0.5) is 5.69 Å². The van der Waals surface area contributed by atoms with E-state index >= 15 is 0 Å². The van der Waals surface area contributed by atoms with Crippen LogP contribution in [0, 0.1) is 0 Å². The number of thiophene rings is 1. The molecule has 2 aromatic heterocycles. The van der Waals surface area contributed by atoms with Gasteiger partial charge in [-0.3, -0.25) is 9.59 Å². The lowest BCUT2D eigenvalue weighted by Crippen LogP contribution is -2.11. The number of nitrogens with zero attached hydrogens (tertiary/aromatic N) is 1. The summed E-state index contributed by atoms with van der Waals surface area (Å²) in [5.74, 6) is -0.812. The normalized spacial score (nSPS) is 13.9. The molecule has 0 saturated carbocycles. The van der Waals surface area contributed by atoms with Crippen molar-refractivity contribution >= 4 is 39.0 Å². The van der Waals surface area contributed by atoms with Crippen LogP contribution in [0.1, 0.15) is 47.1 Å². The molecule has 0 fully saturated rings. The predicted octanol–water partition coefficient (Wildman–Crippen LogP) is 2.89. The molecule has 2 aromatic rings. The Bertz CT molecular complexity index is 751. The Morgan fingerprint density at radius 2 is 2.14 bits per heavy atom. The summed E-state index contributed by atoms with van der Waals surface area (Å²) >= 11 is 1.27. The summed E-state index contributed by atoms with van der Waals surface area (Å²) < 4.78 is 4.82. The van der Waals surface area contributed by atoms with E-state index < -0.39 is 5.97 Å². The first-order chi connectivity index (χ1) is 10.6. The second-order valence-electron chi connectivity index (χ2n) is 5.40. The molecule has 3 rings (SSSR count). The Balaban J connectivity index is 1.95. The first kappa shape index (κ1) is 15.0. The average molecular weight is 318 g/mol. The van der Waals surface area contributed by atoms with E-state index in [4.69, 9.17) is 10.5 Å². The van der Waals surface area contributed by atoms with Gasteiger partial charge in [-0.25, -0.2) is 4.98 Å². The highest BCUT2D eigenvalue weighted by atomic mass is 32.1. The van der Waals surface area contributed by atoms with E-state index in [1.54, 1.807) is 6.92 Å². The maximum atomic E-state index is 12.2. The Kier molecular flexibility index (Phi) is 4.11. The number of ether oxygens (including phenoxy) is 1. The average Bonchev–Trinajstić information content (AvgIpc) is 2.82. The number of rotatable bonds is 4. The highest BCUT2D eigenvalue weighted by molar-refractivity contribution is 7.21. The summed E-state index contributed by atoms with van der Waals surface area (Å²) in [5, 5.41) is 0.831. The van der Waals surface area contributed by atoms with Gasteiger partial charge < -0.3 is 10.5 Å². The molecule has 2 N–H and O–H groups in total. The zero-order valence-corrected chi connectivity index (χ0v) is 13.3. The number of carbonyl (C=O) groups excluding carboxylic acids is 2. The zero-order chi connectivity index (χ0) is 15.7. The number of nitrogen functional groups attached to an aromatic ring is 1. The van der Waals surface area contributed by atoms with Crippen LogP contribution >= 0.6 is 11.3 Å². The van der Waals surface area contributed by atoms with Gasteiger partial charge in [-0.05, 0) is 44.2 Å². The Morgan fingerprint density at radius 1 is 1.36 bits per heavy atom. The van der Waals surface area contributed by atoms with Crippen molar-refractivity contribution in [3.63, 3.8) is 0 Å². The molecule has 0 saturated heterocycles. The molecule has 6 heteroatoms. The second-order valence-corrected chi connectivity index (χ2v) is 6.40. The van der Waals surface area contributed by atoms with E-state index in [2.05, 4.69) is 11.1 Å². The van der Waals surface area contributed by atoms with E-state index in [0.29, 0.717) is 10.6 Å². The fourth-order valence-corrected chi connectivity index (χ4v) is 3.82. The number of nitrogens with two attached hydrogens (primary N) is 1. The third kappa shape index (κ3) is 2.70. The predicted molar refractivity (Wildman–Crippen MR) is 86.3 cm³/mol. The van der Waals surface area contributed by atoms with Crippen molar-refractivity contribution in [3.8, 4) is 0 Å². The lowest BCUT2D eigenvalue weighted by Gasteiger charge is -2.14. The number of aryl methyl sites for hydroxylation is 2. The maximum Gasteiger partial charge on any atom is 0.313 e. The molecule has 22 heavy (non-hydrogen) atoms. The van der Waals surface area contributed by atoms with Crippen molar-refractivity contribution in [3.05, 3.63) is 22.2 Å². The highest BCUT2D eigenvalue weighted by Crippen LogP contribution is 2.36. The minimum absolute atomic E-state index is 0.266. The number of carbonyl (C=O) groups is 2. The molecule has 0 radical (unpaired) electrons. The summed E-state index contributed by atoms with van der Waals surface area (Å²) in [5.41, 5.74) is 8.90. The summed E-state index contributed by atoms with van der Waals surface area (Å²) in [6.45, 7) is 1.98. The van der Waals surface area contributed by atoms with Gasteiger partial charge in [-0.15, -0.1) is 11.3 Å². The molecule has 0 aromatic carbocycles. The van der Waals surface area contributed by atoms with E-state index in [1.807, 2.05) is 0 Å². The minimum Gasteiger partial charge on any atom is -0.466 e. The molecular weight excluding hydrogens is 300 g/mol. The van der Waals surface area contributed by atoms with Gasteiger partial charge in [-0.2, -0.15) is 0 Å². The van der Waals surface area contributed by atoms with Crippen LogP contribution in [-0.4, -0.2) is 23.3 Å². The fourth-order valence-electron chi connectivity index (χ4n) is 2.79. The minimum atomic E-state index is -0.517. The number of ketones is 1. The van der Waals surface area contributed by atoms with E-state index in [-0.39, 0.29) is 18.8 Å². The second kappa shape index (κ2) is 6.04. The summed E-state index contributed by atoms with van der Waals surface area (Å²) in [7, 11) is 0. The molecule has 1 aliphatic carbocycles. The van der Waals surface area contributed by atoms with Crippen LogP contribution in [-0.2, 0) is 22.4 Å².